The smallest absolute Gasteiger partial charge is 0.297 e. The Labute approximate surface area is 144 Å². The zero-order valence-corrected chi connectivity index (χ0v) is 15.0. The lowest BCUT2D eigenvalue weighted by Crippen LogP contribution is -2.44. The first-order valence-corrected chi connectivity index (χ1v) is 9.84. The Hall–Kier alpha value is -1.46. The van der Waals surface area contributed by atoms with E-state index in [2.05, 4.69) is 6.58 Å². The Balaban J connectivity index is 1.84. The van der Waals surface area contributed by atoms with Crippen LogP contribution in [0.1, 0.15) is 38.2 Å². The molecule has 0 bridgehead atoms. The first-order chi connectivity index (χ1) is 11.3. The quantitative estimate of drug-likeness (QED) is 0.615. The third-order valence-corrected chi connectivity index (χ3v) is 7.16. The third-order valence-electron chi connectivity index (χ3n) is 5.81. The number of aryl methyl sites for hydroxylation is 1. The van der Waals surface area contributed by atoms with Gasteiger partial charge < -0.3 is 0 Å². The molecule has 4 nitrogen and oxygen atoms in total. The topological polar surface area (TPSA) is 60.4 Å². The highest BCUT2D eigenvalue weighted by Gasteiger charge is 2.53. The number of benzene rings is 1. The minimum Gasteiger partial charge on any atom is -0.299 e. The second-order valence-corrected chi connectivity index (χ2v) is 8.81. The van der Waals surface area contributed by atoms with Crippen LogP contribution < -0.4 is 0 Å². The third kappa shape index (κ3) is 2.84. The van der Waals surface area contributed by atoms with Gasteiger partial charge in [-0.2, -0.15) is 8.42 Å². The SMILES string of the molecule is C=C[C@@H]1[C@H](OS(=O)(=O)c2ccc(C)cc2)CC[C@]2(C)C(=O)CC[C@@H]12. The summed E-state index contributed by atoms with van der Waals surface area (Å²) in [4.78, 5) is 12.4. The fourth-order valence-corrected chi connectivity index (χ4v) is 5.42. The largest absolute Gasteiger partial charge is 0.299 e. The molecule has 0 amide bonds. The van der Waals surface area contributed by atoms with Gasteiger partial charge in [0.1, 0.15) is 5.78 Å². The van der Waals surface area contributed by atoms with E-state index in [-0.39, 0.29) is 22.1 Å². The summed E-state index contributed by atoms with van der Waals surface area (Å²) in [6, 6.07) is 6.66. The van der Waals surface area contributed by atoms with Gasteiger partial charge in [0.25, 0.3) is 10.1 Å². The number of Topliss-reactive ketones (excluding diaryl/α,β-unsaturated/α-hetero) is 1. The van der Waals surface area contributed by atoms with E-state index in [0.717, 1.165) is 12.0 Å². The minimum atomic E-state index is -3.81. The fourth-order valence-electron chi connectivity index (χ4n) is 4.28. The first-order valence-electron chi connectivity index (χ1n) is 8.44. The second-order valence-electron chi connectivity index (χ2n) is 7.24. The molecule has 0 unspecified atom stereocenters. The van der Waals surface area contributed by atoms with Crippen LogP contribution in [0.15, 0.2) is 41.8 Å². The molecule has 0 radical (unpaired) electrons. The van der Waals surface area contributed by atoms with Gasteiger partial charge >= 0.3 is 0 Å². The number of carbonyl (C=O) groups is 1. The second kappa shape index (κ2) is 6.12. The molecule has 1 aromatic carbocycles. The summed E-state index contributed by atoms with van der Waals surface area (Å²) in [5, 5.41) is 0. The Bertz CT molecular complexity index is 750. The summed E-state index contributed by atoms with van der Waals surface area (Å²) in [7, 11) is -3.81. The van der Waals surface area contributed by atoms with Gasteiger partial charge in [-0.15, -0.1) is 6.58 Å². The average molecular weight is 348 g/mol. The Morgan fingerprint density at radius 3 is 2.54 bits per heavy atom. The highest BCUT2D eigenvalue weighted by Crippen LogP contribution is 2.53. The van der Waals surface area contributed by atoms with Gasteiger partial charge in [0.2, 0.25) is 0 Å². The number of rotatable bonds is 4. The Morgan fingerprint density at radius 1 is 1.25 bits per heavy atom. The predicted molar refractivity (Wildman–Crippen MR) is 92.0 cm³/mol. The molecule has 4 atom stereocenters. The van der Waals surface area contributed by atoms with Crippen LogP contribution in [0.25, 0.3) is 0 Å². The van der Waals surface area contributed by atoms with Crippen LogP contribution in [0, 0.1) is 24.2 Å². The van der Waals surface area contributed by atoms with Gasteiger partial charge in [-0.1, -0.05) is 30.7 Å². The lowest BCUT2D eigenvalue weighted by atomic mass is 9.63. The standard InChI is InChI=1S/C19H24O4S/c1-4-15-16-9-10-18(20)19(16,3)12-11-17(15)23-24(21,22)14-7-5-13(2)6-8-14/h4-8,15-17H,1,9-12H2,2-3H3/t15-,16-,17+,19-/m0/s1. The molecular weight excluding hydrogens is 324 g/mol. The zero-order valence-electron chi connectivity index (χ0n) is 14.2. The summed E-state index contributed by atoms with van der Waals surface area (Å²) in [6.45, 7) is 7.79. The van der Waals surface area contributed by atoms with Crippen molar-refractivity contribution in [2.45, 2.75) is 50.5 Å². The van der Waals surface area contributed by atoms with Gasteiger partial charge in [-0.05, 0) is 44.2 Å². The van der Waals surface area contributed by atoms with E-state index in [0.29, 0.717) is 25.0 Å². The van der Waals surface area contributed by atoms with Crippen molar-refractivity contribution in [1.29, 1.82) is 0 Å². The molecule has 0 aromatic heterocycles. The van der Waals surface area contributed by atoms with Crippen LogP contribution in [0.3, 0.4) is 0 Å². The molecule has 2 aliphatic rings. The Kier molecular flexibility index (Phi) is 4.43. The van der Waals surface area contributed by atoms with Crippen LogP contribution >= 0.6 is 0 Å². The number of carbonyl (C=O) groups excluding carboxylic acids is 1. The molecule has 0 heterocycles. The maximum atomic E-state index is 12.6. The Morgan fingerprint density at radius 2 is 1.92 bits per heavy atom. The van der Waals surface area contributed by atoms with Crippen molar-refractivity contribution in [3.05, 3.63) is 42.5 Å². The lowest BCUT2D eigenvalue weighted by Gasteiger charge is -2.43. The van der Waals surface area contributed by atoms with E-state index in [4.69, 9.17) is 4.18 Å². The van der Waals surface area contributed by atoms with Crippen LogP contribution in [0.2, 0.25) is 0 Å². The van der Waals surface area contributed by atoms with Crippen LogP contribution in [0.5, 0.6) is 0 Å². The number of ketones is 1. The van der Waals surface area contributed by atoms with Crippen molar-refractivity contribution in [2.75, 3.05) is 0 Å². The van der Waals surface area contributed by atoms with Crippen LogP contribution in [0.4, 0.5) is 0 Å². The number of fused-ring (bicyclic) bond motifs is 1. The summed E-state index contributed by atoms with van der Waals surface area (Å²) in [5.41, 5.74) is 0.641. The van der Waals surface area contributed by atoms with Crippen molar-refractivity contribution in [2.24, 2.45) is 17.3 Å². The van der Waals surface area contributed by atoms with Crippen molar-refractivity contribution in [1.82, 2.24) is 0 Å². The normalized spacial score (nSPS) is 33.2. The number of hydrogen-bond acceptors (Lipinski definition) is 4. The van der Waals surface area contributed by atoms with E-state index in [1.807, 2.05) is 13.8 Å². The molecule has 3 rings (SSSR count). The first kappa shape index (κ1) is 17.4. The van der Waals surface area contributed by atoms with E-state index >= 15 is 0 Å². The average Bonchev–Trinajstić information content (AvgIpc) is 2.84. The molecule has 130 valence electrons. The summed E-state index contributed by atoms with van der Waals surface area (Å²) >= 11 is 0. The van der Waals surface area contributed by atoms with Crippen LogP contribution in [-0.2, 0) is 19.1 Å². The number of hydrogen-bond donors (Lipinski definition) is 0. The van der Waals surface area contributed by atoms with E-state index in [9.17, 15) is 13.2 Å². The molecule has 0 spiro atoms. The molecule has 0 N–H and O–H groups in total. The van der Waals surface area contributed by atoms with Crippen molar-refractivity contribution < 1.29 is 17.4 Å². The molecule has 5 heteroatoms. The minimum absolute atomic E-state index is 0.115. The van der Waals surface area contributed by atoms with Gasteiger partial charge in [-0.3, -0.25) is 8.98 Å². The van der Waals surface area contributed by atoms with Gasteiger partial charge in [0.05, 0.1) is 11.0 Å². The monoisotopic (exact) mass is 348 g/mol. The summed E-state index contributed by atoms with van der Waals surface area (Å²) in [6.07, 6.45) is 3.92. The molecule has 24 heavy (non-hydrogen) atoms. The highest BCUT2D eigenvalue weighted by atomic mass is 32.2. The fraction of sp³-hybridized carbons (Fsp3) is 0.526. The van der Waals surface area contributed by atoms with Gasteiger partial charge in [0.15, 0.2) is 0 Å². The lowest BCUT2D eigenvalue weighted by molar-refractivity contribution is -0.129. The van der Waals surface area contributed by atoms with Gasteiger partial charge in [0, 0.05) is 17.8 Å². The van der Waals surface area contributed by atoms with Gasteiger partial charge in [-0.25, -0.2) is 0 Å². The summed E-state index contributed by atoms with van der Waals surface area (Å²) < 4.78 is 30.8. The molecule has 2 fully saturated rings. The maximum Gasteiger partial charge on any atom is 0.297 e. The van der Waals surface area contributed by atoms with E-state index in [1.54, 1.807) is 30.3 Å². The maximum absolute atomic E-state index is 12.6. The predicted octanol–water partition coefficient (Wildman–Crippen LogP) is 3.65. The molecule has 0 saturated heterocycles. The van der Waals surface area contributed by atoms with Crippen molar-refractivity contribution >= 4 is 15.9 Å². The summed E-state index contributed by atoms with van der Waals surface area (Å²) in [5.74, 6) is 0.295. The molecule has 2 saturated carbocycles. The zero-order chi connectivity index (χ0) is 17.5. The van der Waals surface area contributed by atoms with Crippen LogP contribution in [-0.4, -0.2) is 20.3 Å². The van der Waals surface area contributed by atoms with Crippen molar-refractivity contribution in [3.63, 3.8) is 0 Å². The molecular formula is C19H24O4S. The molecule has 0 aliphatic heterocycles. The van der Waals surface area contributed by atoms with E-state index < -0.39 is 16.2 Å². The molecule has 1 aromatic rings. The highest BCUT2D eigenvalue weighted by molar-refractivity contribution is 7.86. The molecule has 2 aliphatic carbocycles. The van der Waals surface area contributed by atoms with E-state index in [1.165, 1.54) is 0 Å². The van der Waals surface area contributed by atoms with Crippen molar-refractivity contribution in [3.8, 4) is 0 Å².